The minimum atomic E-state index is -0.659. The van der Waals surface area contributed by atoms with Gasteiger partial charge in [0.25, 0.3) is 0 Å². The van der Waals surface area contributed by atoms with E-state index in [4.69, 9.17) is 5.11 Å². The molecule has 0 aliphatic heterocycles. The van der Waals surface area contributed by atoms with Gasteiger partial charge in [0, 0.05) is 6.42 Å². The molecule has 0 rings (SSSR count). The van der Waals surface area contributed by atoms with Gasteiger partial charge in [-0.3, -0.25) is 4.79 Å². The van der Waals surface area contributed by atoms with E-state index in [0.717, 1.165) is 12.8 Å². The molecule has 288 valence electrons. The summed E-state index contributed by atoms with van der Waals surface area (Å²) in [6, 6.07) is 0. The molecule has 0 aromatic heterocycles. The first-order valence-corrected chi connectivity index (χ1v) is 30.3. The molecule has 0 saturated carbocycles. The van der Waals surface area contributed by atoms with Gasteiger partial charge in [0.15, 0.2) is 0 Å². The Morgan fingerprint density at radius 1 is 0.312 bits per heavy atom. The molecular weight excluding hydrogens is 798 g/mol. The maximum atomic E-state index is 10.2. The number of carboxylic acid groups (broad SMARTS) is 1. The Balaban J connectivity index is -0.000000637. The third-order valence-corrected chi connectivity index (χ3v) is 17.4. The molecule has 0 atom stereocenters. The summed E-state index contributed by atoms with van der Waals surface area (Å²) in [6.07, 6.45) is 47.1. The van der Waals surface area contributed by atoms with Gasteiger partial charge in [0.2, 0.25) is 0 Å². The molecule has 0 aliphatic rings. The first-order chi connectivity index (χ1) is 23.6. The van der Waals surface area contributed by atoms with E-state index in [-0.39, 0.29) is 42.3 Å². The Kier molecular flexibility index (Phi) is 61.0. The zero-order valence-corrected chi connectivity index (χ0v) is 39.9. The fourth-order valence-electron chi connectivity index (χ4n) is 5.96. The van der Waals surface area contributed by atoms with Crippen LogP contribution in [0.4, 0.5) is 0 Å². The third kappa shape index (κ3) is 62.2. The molecule has 0 amide bonds. The quantitative estimate of drug-likeness (QED) is 0.0495. The van der Waals surface area contributed by atoms with E-state index in [2.05, 4.69) is 34.6 Å². The Hall–Kier alpha value is 1.07. The summed E-state index contributed by atoms with van der Waals surface area (Å²) in [7, 11) is 0. The number of hydrogen-bond donors (Lipinski definition) is 1. The second-order valence-electron chi connectivity index (χ2n) is 14.5. The second-order valence-corrected chi connectivity index (χ2v) is 23.1. The van der Waals surface area contributed by atoms with Crippen molar-refractivity contribution < 1.29 is 9.90 Å². The van der Waals surface area contributed by atoms with E-state index in [1.165, 1.54) is 173 Å². The van der Waals surface area contributed by atoms with Crippen molar-refractivity contribution in [3.05, 3.63) is 0 Å². The molecule has 0 spiro atoms. The van der Waals surface area contributed by atoms with Gasteiger partial charge in [-0.25, -0.2) is 0 Å². The molecule has 1 N–H and O–H groups in total. The Labute approximate surface area is 326 Å². The SMILES string of the molecule is CCCCCCCCCCCC(=O)O.CCCCCCC[CH2][Sn][CH2]CCCCCCC.CCCCCCC[CH2][Sn][CH2]CCCCCCC. The number of carboxylic acids is 1. The van der Waals surface area contributed by atoms with Crippen LogP contribution in [0.1, 0.15) is 253 Å². The molecule has 0 aromatic carbocycles. The van der Waals surface area contributed by atoms with Gasteiger partial charge in [-0.1, -0.05) is 58.3 Å². The van der Waals surface area contributed by atoms with Gasteiger partial charge < -0.3 is 5.11 Å². The minimum absolute atomic E-state index is 0.0736. The van der Waals surface area contributed by atoms with Crippen LogP contribution in [0.2, 0.25) is 17.7 Å². The van der Waals surface area contributed by atoms with Gasteiger partial charge in [0.05, 0.1) is 0 Å². The zero-order valence-electron chi connectivity index (χ0n) is 34.2. The van der Waals surface area contributed by atoms with Crippen LogP contribution in [0.25, 0.3) is 0 Å². The molecule has 0 fully saturated rings. The van der Waals surface area contributed by atoms with Crippen molar-refractivity contribution >= 4 is 48.3 Å². The van der Waals surface area contributed by atoms with Crippen molar-refractivity contribution in [1.82, 2.24) is 0 Å². The molecule has 0 saturated heterocycles. The van der Waals surface area contributed by atoms with Gasteiger partial charge in [-0.15, -0.1) is 0 Å². The third-order valence-electron chi connectivity index (χ3n) is 9.32. The van der Waals surface area contributed by atoms with E-state index in [9.17, 15) is 4.79 Å². The van der Waals surface area contributed by atoms with Gasteiger partial charge in [0.1, 0.15) is 0 Å². The molecule has 0 heterocycles. The van der Waals surface area contributed by atoms with Crippen LogP contribution in [0.5, 0.6) is 0 Å². The van der Waals surface area contributed by atoms with Crippen LogP contribution < -0.4 is 0 Å². The predicted molar refractivity (Wildman–Crippen MR) is 224 cm³/mol. The number of unbranched alkanes of at least 4 members (excludes halogenated alkanes) is 28. The van der Waals surface area contributed by atoms with Crippen LogP contribution in [-0.2, 0) is 4.79 Å². The van der Waals surface area contributed by atoms with E-state index in [1.54, 1.807) is 43.4 Å². The predicted octanol–water partition coefficient (Wildman–Crippen LogP) is 16.5. The van der Waals surface area contributed by atoms with Gasteiger partial charge >= 0.3 is 248 Å². The van der Waals surface area contributed by atoms with E-state index >= 15 is 0 Å². The second kappa shape index (κ2) is 54.8. The molecule has 0 aliphatic carbocycles. The average molecular weight is 891 g/mol. The van der Waals surface area contributed by atoms with Crippen LogP contribution in [-0.4, -0.2) is 53.4 Å². The molecule has 0 unspecified atom stereocenters. The number of rotatable bonds is 38. The first kappa shape index (κ1) is 53.4. The summed E-state index contributed by atoms with van der Waals surface area (Å²) in [5, 5.41) is 8.41. The van der Waals surface area contributed by atoms with E-state index in [0.29, 0.717) is 6.42 Å². The van der Waals surface area contributed by atoms with Crippen molar-refractivity contribution in [2.24, 2.45) is 0 Å². The summed E-state index contributed by atoms with van der Waals surface area (Å²) in [6.45, 7) is 11.4. The van der Waals surface area contributed by atoms with Crippen LogP contribution in [0.3, 0.4) is 0 Å². The number of carbonyl (C=O) groups is 1. The molecule has 48 heavy (non-hydrogen) atoms. The fraction of sp³-hybridized carbons (Fsp3) is 0.977. The number of hydrogen-bond acceptors (Lipinski definition) is 1. The van der Waals surface area contributed by atoms with Gasteiger partial charge in [-0.2, -0.15) is 0 Å². The van der Waals surface area contributed by atoms with Crippen molar-refractivity contribution in [2.75, 3.05) is 0 Å². The molecule has 4 radical (unpaired) electrons. The Morgan fingerprint density at radius 3 is 0.708 bits per heavy atom. The van der Waals surface area contributed by atoms with Crippen molar-refractivity contribution in [3.8, 4) is 0 Å². The average Bonchev–Trinajstić information content (AvgIpc) is 3.09. The van der Waals surface area contributed by atoms with Crippen LogP contribution in [0, 0.1) is 0 Å². The fourth-order valence-corrected chi connectivity index (χ4v) is 13.1. The van der Waals surface area contributed by atoms with Crippen molar-refractivity contribution in [1.29, 1.82) is 0 Å². The van der Waals surface area contributed by atoms with Crippen LogP contribution in [0.15, 0.2) is 0 Å². The van der Waals surface area contributed by atoms with Crippen molar-refractivity contribution in [3.63, 3.8) is 0 Å². The maximum absolute atomic E-state index is 10.2. The summed E-state index contributed by atoms with van der Waals surface area (Å²) in [4.78, 5) is 10.2. The topological polar surface area (TPSA) is 37.3 Å². The zero-order chi connectivity index (χ0) is 35.9. The normalized spacial score (nSPS) is 10.8. The monoisotopic (exact) mass is 893 g/mol. The number of aliphatic carboxylic acids is 1. The van der Waals surface area contributed by atoms with E-state index < -0.39 is 5.97 Å². The molecule has 0 bridgehead atoms. The van der Waals surface area contributed by atoms with E-state index in [1.807, 2.05) is 0 Å². The first-order valence-electron chi connectivity index (χ1n) is 22.2. The summed E-state index contributed by atoms with van der Waals surface area (Å²) >= 11 is 0.147. The molecule has 2 nitrogen and oxygen atoms in total. The molecular formula is C44H92O2Sn2. The standard InChI is InChI=1S/C12H24O2.4C8H17.2Sn/c1-2-3-4-5-6-7-8-9-10-11-12(13)14;4*1-3-5-7-8-6-4-2;;/h2-11H2,1H3,(H,13,14);4*1,3-8H2,2H3;;. The van der Waals surface area contributed by atoms with Crippen LogP contribution >= 0.6 is 0 Å². The van der Waals surface area contributed by atoms with Gasteiger partial charge in [-0.05, 0) is 6.42 Å². The Morgan fingerprint density at radius 2 is 0.500 bits per heavy atom. The Bertz CT molecular complexity index is 470. The molecule has 0 aromatic rings. The summed E-state index contributed by atoms with van der Waals surface area (Å²) in [5.74, 6) is -0.659. The summed E-state index contributed by atoms with van der Waals surface area (Å²) < 4.78 is 6.63. The molecule has 4 heteroatoms. The van der Waals surface area contributed by atoms with Crippen molar-refractivity contribution in [2.45, 2.75) is 271 Å². The summed E-state index contributed by atoms with van der Waals surface area (Å²) in [5.41, 5.74) is 0.